The molecule has 0 aliphatic heterocycles. The van der Waals surface area contributed by atoms with Crippen LogP contribution in [-0.2, 0) is 6.54 Å². The highest BCUT2D eigenvalue weighted by Crippen LogP contribution is 2.37. The van der Waals surface area contributed by atoms with E-state index in [0.29, 0.717) is 12.0 Å². The Labute approximate surface area is 133 Å². The van der Waals surface area contributed by atoms with E-state index in [9.17, 15) is 0 Å². The van der Waals surface area contributed by atoms with Crippen LogP contribution in [0.4, 0.5) is 0 Å². The second kappa shape index (κ2) is 6.30. The second-order valence-corrected chi connectivity index (χ2v) is 6.78. The van der Waals surface area contributed by atoms with Gasteiger partial charge in [0.25, 0.3) is 0 Å². The predicted molar refractivity (Wildman–Crippen MR) is 88.2 cm³/mol. The lowest BCUT2D eigenvalue weighted by Crippen LogP contribution is -2.39. The Bertz CT molecular complexity index is 590. The SMILES string of the molecule is Clc1cccc(C2CC(NCc3cccc(Br)c3)C2)c1. The van der Waals surface area contributed by atoms with Gasteiger partial charge >= 0.3 is 0 Å². The molecular weight excluding hydrogens is 334 g/mol. The molecule has 0 saturated heterocycles. The summed E-state index contributed by atoms with van der Waals surface area (Å²) >= 11 is 9.55. The molecule has 1 aliphatic carbocycles. The Balaban J connectivity index is 1.49. The molecule has 3 rings (SSSR count). The largest absolute Gasteiger partial charge is 0.310 e. The van der Waals surface area contributed by atoms with E-state index in [1.54, 1.807) is 0 Å². The van der Waals surface area contributed by atoms with Crippen LogP contribution in [0.25, 0.3) is 0 Å². The summed E-state index contributed by atoms with van der Waals surface area (Å²) in [4.78, 5) is 0. The summed E-state index contributed by atoms with van der Waals surface area (Å²) in [5.41, 5.74) is 2.70. The molecule has 0 aromatic heterocycles. The predicted octanol–water partition coefficient (Wildman–Crippen LogP) is 5.14. The summed E-state index contributed by atoms with van der Waals surface area (Å²) in [7, 11) is 0. The fraction of sp³-hybridized carbons (Fsp3) is 0.294. The number of nitrogens with one attached hydrogen (secondary N) is 1. The summed E-state index contributed by atoms with van der Waals surface area (Å²) in [5, 5.41) is 4.46. The molecule has 0 heterocycles. The Morgan fingerprint density at radius 2 is 1.90 bits per heavy atom. The average molecular weight is 351 g/mol. The zero-order valence-electron chi connectivity index (χ0n) is 11.2. The lowest BCUT2D eigenvalue weighted by Gasteiger charge is -2.36. The van der Waals surface area contributed by atoms with Crippen LogP contribution in [0.15, 0.2) is 53.0 Å². The topological polar surface area (TPSA) is 12.0 Å². The van der Waals surface area contributed by atoms with E-state index >= 15 is 0 Å². The van der Waals surface area contributed by atoms with Crippen molar-refractivity contribution in [2.24, 2.45) is 0 Å². The fourth-order valence-corrected chi connectivity index (χ4v) is 3.37. The third-order valence-electron chi connectivity index (χ3n) is 3.94. The molecule has 0 atom stereocenters. The van der Waals surface area contributed by atoms with Crippen LogP contribution >= 0.6 is 27.5 Å². The molecule has 3 heteroatoms. The van der Waals surface area contributed by atoms with Crippen LogP contribution in [0.1, 0.15) is 29.9 Å². The first-order valence-electron chi connectivity index (χ1n) is 6.94. The quantitative estimate of drug-likeness (QED) is 0.805. The Kier molecular flexibility index (Phi) is 4.45. The first kappa shape index (κ1) is 14.1. The van der Waals surface area contributed by atoms with Crippen LogP contribution in [-0.4, -0.2) is 6.04 Å². The minimum atomic E-state index is 0.623. The molecule has 1 N–H and O–H groups in total. The van der Waals surface area contributed by atoms with Gasteiger partial charge in [0, 0.05) is 22.1 Å². The normalized spacial score (nSPS) is 21.5. The van der Waals surface area contributed by atoms with E-state index in [1.165, 1.54) is 24.0 Å². The molecule has 0 spiro atoms. The molecule has 0 unspecified atom stereocenters. The monoisotopic (exact) mass is 349 g/mol. The van der Waals surface area contributed by atoms with E-state index < -0.39 is 0 Å². The van der Waals surface area contributed by atoms with E-state index in [4.69, 9.17) is 11.6 Å². The summed E-state index contributed by atoms with van der Waals surface area (Å²) in [6, 6.07) is 17.3. The van der Waals surface area contributed by atoms with Gasteiger partial charge in [0.05, 0.1) is 0 Å². The first-order chi connectivity index (χ1) is 9.70. The maximum Gasteiger partial charge on any atom is 0.0408 e. The van der Waals surface area contributed by atoms with E-state index in [-0.39, 0.29) is 0 Å². The smallest absolute Gasteiger partial charge is 0.0408 e. The van der Waals surface area contributed by atoms with Crippen molar-refractivity contribution in [3.05, 3.63) is 69.2 Å². The van der Waals surface area contributed by atoms with Gasteiger partial charge < -0.3 is 5.32 Å². The summed E-state index contributed by atoms with van der Waals surface area (Å²) in [6.07, 6.45) is 2.41. The molecule has 1 saturated carbocycles. The number of benzene rings is 2. The van der Waals surface area contributed by atoms with Gasteiger partial charge in [-0.1, -0.05) is 51.8 Å². The van der Waals surface area contributed by atoms with E-state index in [1.807, 2.05) is 12.1 Å². The van der Waals surface area contributed by atoms with Crippen LogP contribution in [0.5, 0.6) is 0 Å². The summed E-state index contributed by atoms with van der Waals surface area (Å²) in [5.74, 6) is 0.661. The maximum atomic E-state index is 6.04. The van der Waals surface area contributed by atoms with Crippen LogP contribution in [0.2, 0.25) is 5.02 Å². The lowest BCUT2D eigenvalue weighted by atomic mass is 9.76. The number of rotatable bonds is 4. The van der Waals surface area contributed by atoms with Gasteiger partial charge in [0.1, 0.15) is 0 Å². The average Bonchev–Trinajstić information content (AvgIpc) is 2.37. The van der Waals surface area contributed by atoms with E-state index in [2.05, 4.69) is 57.6 Å². The second-order valence-electron chi connectivity index (χ2n) is 5.43. The molecule has 1 aliphatic rings. The third kappa shape index (κ3) is 3.43. The van der Waals surface area contributed by atoms with Crippen molar-refractivity contribution in [1.29, 1.82) is 0 Å². The van der Waals surface area contributed by atoms with Gasteiger partial charge in [-0.05, 0) is 54.2 Å². The Hall–Kier alpha value is -0.830. The van der Waals surface area contributed by atoms with Crippen molar-refractivity contribution < 1.29 is 0 Å². The molecule has 0 bridgehead atoms. The van der Waals surface area contributed by atoms with Gasteiger partial charge in [-0.25, -0.2) is 0 Å². The van der Waals surface area contributed by atoms with Gasteiger partial charge in [-0.3, -0.25) is 0 Å². The lowest BCUT2D eigenvalue weighted by molar-refractivity contribution is 0.289. The molecule has 2 aromatic rings. The molecule has 104 valence electrons. The molecule has 0 radical (unpaired) electrons. The standard InChI is InChI=1S/C17H17BrClN/c18-15-5-1-3-12(7-15)11-20-17-9-14(10-17)13-4-2-6-16(19)8-13/h1-8,14,17,20H,9-11H2. The number of halogens is 2. The minimum Gasteiger partial charge on any atom is -0.310 e. The number of hydrogen-bond donors (Lipinski definition) is 1. The Morgan fingerprint density at radius 1 is 1.10 bits per heavy atom. The molecule has 2 aromatic carbocycles. The number of hydrogen-bond acceptors (Lipinski definition) is 1. The zero-order valence-corrected chi connectivity index (χ0v) is 13.5. The Morgan fingerprint density at radius 3 is 2.65 bits per heavy atom. The molecule has 1 fully saturated rings. The van der Waals surface area contributed by atoms with Crippen molar-refractivity contribution in [1.82, 2.24) is 5.32 Å². The van der Waals surface area contributed by atoms with Gasteiger partial charge in [0.15, 0.2) is 0 Å². The van der Waals surface area contributed by atoms with Gasteiger partial charge in [-0.15, -0.1) is 0 Å². The highest BCUT2D eigenvalue weighted by Gasteiger charge is 2.29. The van der Waals surface area contributed by atoms with Crippen molar-refractivity contribution in [3.8, 4) is 0 Å². The van der Waals surface area contributed by atoms with Crippen LogP contribution < -0.4 is 5.32 Å². The minimum absolute atomic E-state index is 0.623. The highest BCUT2D eigenvalue weighted by molar-refractivity contribution is 9.10. The van der Waals surface area contributed by atoms with E-state index in [0.717, 1.165) is 16.0 Å². The summed E-state index contributed by atoms with van der Waals surface area (Å²) < 4.78 is 1.14. The molecule has 20 heavy (non-hydrogen) atoms. The molecule has 0 amide bonds. The first-order valence-corrected chi connectivity index (χ1v) is 8.11. The zero-order chi connectivity index (χ0) is 13.9. The maximum absolute atomic E-state index is 6.04. The van der Waals surface area contributed by atoms with Crippen LogP contribution in [0, 0.1) is 0 Å². The van der Waals surface area contributed by atoms with Crippen molar-refractivity contribution in [2.75, 3.05) is 0 Å². The van der Waals surface area contributed by atoms with Crippen molar-refractivity contribution in [3.63, 3.8) is 0 Å². The highest BCUT2D eigenvalue weighted by atomic mass is 79.9. The van der Waals surface area contributed by atoms with Crippen molar-refractivity contribution >= 4 is 27.5 Å². The fourth-order valence-electron chi connectivity index (χ4n) is 2.73. The third-order valence-corrected chi connectivity index (χ3v) is 4.67. The van der Waals surface area contributed by atoms with Crippen LogP contribution in [0.3, 0.4) is 0 Å². The molecule has 1 nitrogen and oxygen atoms in total. The van der Waals surface area contributed by atoms with Gasteiger partial charge in [0.2, 0.25) is 0 Å². The molecular formula is C17H17BrClN. The van der Waals surface area contributed by atoms with Gasteiger partial charge in [-0.2, -0.15) is 0 Å². The van der Waals surface area contributed by atoms with Crippen molar-refractivity contribution in [2.45, 2.75) is 31.3 Å². The summed E-state index contributed by atoms with van der Waals surface area (Å²) in [6.45, 7) is 0.937.